The summed E-state index contributed by atoms with van der Waals surface area (Å²) in [6, 6.07) is 15.0. The van der Waals surface area contributed by atoms with E-state index in [1.807, 2.05) is 48.5 Å². The molecule has 3 atom stereocenters. The number of pyridine rings is 1. The number of carboxylic acid groups (broad SMARTS) is 1. The Hall–Kier alpha value is -3.60. The van der Waals surface area contributed by atoms with Gasteiger partial charge in [-0.25, -0.2) is 0 Å². The van der Waals surface area contributed by atoms with E-state index in [1.165, 1.54) is 0 Å². The Balaban J connectivity index is 1.37. The molecule has 0 saturated carbocycles. The zero-order chi connectivity index (χ0) is 25.5. The first-order chi connectivity index (χ1) is 17.5. The van der Waals surface area contributed by atoms with E-state index in [9.17, 15) is 15.0 Å². The van der Waals surface area contributed by atoms with Crippen molar-refractivity contribution in [3.63, 3.8) is 0 Å². The molecule has 0 aliphatic carbocycles. The lowest BCUT2D eigenvalue weighted by molar-refractivity contribution is -0.146. The van der Waals surface area contributed by atoms with Gasteiger partial charge >= 0.3 is 5.97 Å². The molecule has 3 aromatic rings. The molecule has 0 unspecified atom stereocenters. The predicted molar refractivity (Wildman–Crippen MR) is 138 cm³/mol. The average Bonchev–Trinajstić information content (AvgIpc) is 2.91. The maximum absolute atomic E-state index is 12.1. The Bertz CT molecular complexity index is 1270. The van der Waals surface area contributed by atoms with E-state index >= 15 is 0 Å². The van der Waals surface area contributed by atoms with Crippen LogP contribution >= 0.6 is 0 Å². The van der Waals surface area contributed by atoms with Gasteiger partial charge in [-0.05, 0) is 79.8 Å². The molecule has 7 heteroatoms. The standard InChI is InChI=1S/C29H32N2O5/c1-35-22-7-3-5-20(17-22)6-4-15-31-16-13-21(26(19-31)29(33)34)8-11-28(32)24-12-14-30-27-10-9-23(36-2)18-25(24)27/h3,5,7,9-10,12,14,17-18,21,26,28,32H,8,11,13,15-16,19H2,1-2H3,(H,33,34)/t21-,26+,28-/m1/s1. The first-order valence-electron chi connectivity index (χ1n) is 12.2. The molecule has 2 heterocycles. The number of fused-ring (bicyclic) bond motifs is 1. The van der Waals surface area contributed by atoms with Gasteiger partial charge in [-0.1, -0.05) is 17.9 Å². The second kappa shape index (κ2) is 11.9. The van der Waals surface area contributed by atoms with Crippen LogP contribution in [0.15, 0.2) is 54.7 Å². The van der Waals surface area contributed by atoms with Crippen molar-refractivity contribution in [3.05, 3.63) is 65.9 Å². The minimum absolute atomic E-state index is 0.00220. The topological polar surface area (TPSA) is 92.1 Å². The van der Waals surface area contributed by atoms with Crippen LogP contribution in [0.2, 0.25) is 0 Å². The minimum atomic E-state index is -0.793. The highest BCUT2D eigenvalue weighted by Crippen LogP contribution is 2.33. The number of benzene rings is 2. The Labute approximate surface area is 211 Å². The van der Waals surface area contributed by atoms with E-state index in [0.29, 0.717) is 31.7 Å². The van der Waals surface area contributed by atoms with Crippen LogP contribution in [0.4, 0.5) is 0 Å². The van der Waals surface area contributed by atoms with Gasteiger partial charge in [0.25, 0.3) is 0 Å². The van der Waals surface area contributed by atoms with Crippen LogP contribution in [0.25, 0.3) is 10.9 Å². The number of piperidine rings is 1. The van der Waals surface area contributed by atoms with Gasteiger partial charge in [-0.15, -0.1) is 0 Å². The number of aliphatic carboxylic acids is 1. The molecule has 0 spiro atoms. The number of likely N-dealkylation sites (tertiary alicyclic amines) is 1. The van der Waals surface area contributed by atoms with Gasteiger partial charge in [0.2, 0.25) is 0 Å². The molecule has 0 radical (unpaired) electrons. The van der Waals surface area contributed by atoms with Crippen molar-refractivity contribution in [2.24, 2.45) is 11.8 Å². The van der Waals surface area contributed by atoms with Crippen molar-refractivity contribution in [3.8, 4) is 23.3 Å². The zero-order valence-corrected chi connectivity index (χ0v) is 20.7. The van der Waals surface area contributed by atoms with Crippen molar-refractivity contribution >= 4 is 16.9 Å². The molecule has 7 nitrogen and oxygen atoms in total. The number of ether oxygens (including phenoxy) is 2. The highest BCUT2D eigenvalue weighted by Gasteiger charge is 2.34. The summed E-state index contributed by atoms with van der Waals surface area (Å²) >= 11 is 0. The van der Waals surface area contributed by atoms with Crippen LogP contribution < -0.4 is 9.47 Å². The van der Waals surface area contributed by atoms with Gasteiger partial charge in [-0.3, -0.25) is 14.7 Å². The van der Waals surface area contributed by atoms with Crippen LogP contribution in [0.5, 0.6) is 11.5 Å². The highest BCUT2D eigenvalue weighted by molar-refractivity contribution is 5.83. The summed E-state index contributed by atoms with van der Waals surface area (Å²) in [4.78, 5) is 18.6. The van der Waals surface area contributed by atoms with Gasteiger partial charge in [0.15, 0.2) is 0 Å². The van der Waals surface area contributed by atoms with E-state index in [4.69, 9.17) is 9.47 Å². The number of aliphatic hydroxyl groups excluding tert-OH is 1. The smallest absolute Gasteiger partial charge is 0.308 e. The molecule has 1 aliphatic heterocycles. The summed E-state index contributed by atoms with van der Waals surface area (Å²) in [5, 5.41) is 21.8. The van der Waals surface area contributed by atoms with Crippen molar-refractivity contribution in [1.82, 2.24) is 9.88 Å². The molecule has 0 bridgehead atoms. The molecule has 1 saturated heterocycles. The van der Waals surface area contributed by atoms with Crippen LogP contribution in [0.3, 0.4) is 0 Å². The molecular weight excluding hydrogens is 456 g/mol. The predicted octanol–water partition coefficient (Wildman–Crippen LogP) is 4.14. The third kappa shape index (κ3) is 6.14. The third-order valence-electron chi connectivity index (χ3n) is 6.91. The number of hydrogen-bond acceptors (Lipinski definition) is 6. The maximum atomic E-state index is 12.1. The first kappa shape index (κ1) is 25.5. The molecule has 1 aliphatic rings. The Morgan fingerprint density at radius 2 is 1.97 bits per heavy atom. The summed E-state index contributed by atoms with van der Waals surface area (Å²) in [5.41, 5.74) is 2.45. The number of carbonyl (C=O) groups is 1. The number of carboxylic acids is 1. The fraction of sp³-hybridized carbons (Fsp3) is 0.379. The summed E-state index contributed by atoms with van der Waals surface area (Å²) in [6.45, 7) is 1.76. The highest BCUT2D eigenvalue weighted by atomic mass is 16.5. The second-order valence-electron chi connectivity index (χ2n) is 9.14. The fourth-order valence-electron chi connectivity index (χ4n) is 4.88. The molecule has 2 N–H and O–H groups in total. The van der Waals surface area contributed by atoms with Crippen molar-refractivity contribution in [1.29, 1.82) is 0 Å². The quantitative estimate of drug-likeness (QED) is 0.461. The SMILES string of the molecule is COc1cccc(C#CCN2CC[C@@H](CC[C@@H](O)c3ccnc4ccc(OC)cc34)[C@@H](C(=O)O)C2)c1. The Morgan fingerprint density at radius 1 is 1.17 bits per heavy atom. The van der Waals surface area contributed by atoms with Crippen LogP contribution in [-0.4, -0.2) is 59.9 Å². The molecular formula is C29H32N2O5. The lowest BCUT2D eigenvalue weighted by Crippen LogP contribution is -2.44. The van der Waals surface area contributed by atoms with Gasteiger partial charge in [0.1, 0.15) is 11.5 Å². The molecule has 1 fully saturated rings. The number of methoxy groups -OCH3 is 2. The van der Waals surface area contributed by atoms with Crippen LogP contribution in [0, 0.1) is 23.7 Å². The van der Waals surface area contributed by atoms with E-state index < -0.39 is 18.0 Å². The Morgan fingerprint density at radius 3 is 2.75 bits per heavy atom. The third-order valence-corrected chi connectivity index (χ3v) is 6.91. The van der Waals surface area contributed by atoms with Crippen molar-refractivity contribution in [2.75, 3.05) is 33.9 Å². The normalized spacial score (nSPS) is 18.8. The van der Waals surface area contributed by atoms with E-state index in [2.05, 4.69) is 21.7 Å². The summed E-state index contributed by atoms with van der Waals surface area (Å²) in [5.74, 6) is 6.49. The van der Waals surface area contributed by atoms with Crippen molar-refractivity contribution in [2.45, 2.75) is 25.4 Å². The van der Waals surface area contributed by atoms with E-state index in [0.717, 1.165) is 40.7 Å². The summed E-state index contributed by atoms with van der Waals surface area (Å²) in [6.07, 6.45) is 2.87. The summed E-state index contributed by atoms with van der Waals surface area (Å²) < 4.78 is 10.6. The van der Waals surface area contributed by atoms with Crippen molar-refractivity contribution < 1.29 is 24.5 Å². The maximum Gasteiger partial charge on any atom is 0.308 e. The fourth-order valence-corrected chi connectivity index (χ4v) is 4.88. The van der Waals surface area contributed by atoms with Gasteiger partial charge in [-0.2, -0.15) is 0 Å². The molecule has 1 aromatic heterocycles. The minimum Gasteiger partial charge on any atom is -0.497 e. The van der Waals surface area contributed by atoms with Gasteiger partial charge in [0.05, 0.1) is 38.3 Å². The van der Waals surface area contributed by atoms with Crippen LogP contribution in [-0.2, 0) is 4.79 Å². The van der Waals surface area contributed by atoms with E-state index in [1.54, 1.807) is 20.4 Å². The van der Waals surface area contributed by atoms with E-state index in [-0.39, 0.29) is 5.92 Å². The number of hydrogen-bond donors (Lipinski definition) is 2. The monoisotopic (exact) mass is 488 g/mol. The lowest BCUT2D eigenvalue weighted by Gasteiger charge is -2.36. The number of aromatic nitrogens is 1. The zero-order valence-electron chi connectivity index (χ0n) is 20.7. The largest absolute Gasteiger partial charge is 0.497 e. The Kier molecular flexibility index (Phi) is 8.42. The first-order valence-corrected chi connectivity index (χ1v) is 12.2. The second-order valence-corrected chi connectivity index (χ2v) is 9.14. The molecule has 4 rings (SSSR count). The molecule has 2 aromatic carbocycles. The van der Waals surface area contributed by atoms with Gasteiger partial charge in [0, 0.05) is 23.7 Å². The number of aliphatic hydroxyl groups is 1. The average molecular weight is 489 g/mol. The summed E-state index contributed by atoms with van der Waals surface area (Å²) in [7, 11) is 3.23. The molecule has 188 valence electrons. The van der Waals surface area contributed by atoms with Crippen LogP contribution in [0.1, 0.15) is 36.5 Å². The number of rotatable bonds is 8. The number of nitrogens with zero attached hydrogens (tertiary/aromatic N) is 2. The molecule has 36 heavy (non-hydrogen) atoms. The molecule has 0 amide bonds. The van der Waals surface area contributed by atoms with Gasteiger partial charge < -0.3 is 19.7 Å². The lowest BCUT2D eigenvalue weighted by atomic mass is 9.81.